The average molecular weight is 224 g/mol. The Morgan fingerprint density at radius 3 is 2.47 bits per heavy atom. The lowest BCUT2D eigenvalue weighted by molar-refractivity contribution is 1.04. The van der Waals surface area contributed by atoms with Crippen LogP contribution in [0.5, 0.6) is 0 Å². The third-order valence-electron chi connectivity index (χ3n) is 2.76. The summed E-state index contributed by atoms with van der Waals surface area (Å²) >= 11 is 0. The zero-order valence-electron chi connectivity index (χ0n) is 9.44. The van der Waals surface area contributed by atoms with Crippen molar-refractivity contribution in [2.45, 2.75) is 6.92 Å². The molecular formula is C13H12N4. The van der Waals surface area contributed by atoms with Crippen LogP contribution in [0, 0.1) is 6.92 Å². The lowest BCUT2D eigenvalue weighted by Crippen LogP contribution is -1.92. The van der Waals surface area contributed by atoms with E-state index in [1.165, 1.54) is 0 Å². The number of anilines is 1. The first-order valence-electron chi connectivity index (χ1n) is 5.42. The molecule has 0 fully saturated rings. The molecule has 0 aliphatic rings. The van der Waals surface area contributed by atoms with E-state index in [1.54, 1.807) is 0 Å². The van der Waals surface area contributed by atoms with E-state index in [4.69, 9.17) is 5.73 Å². The zero-order chi connectivity index (χ0) is 11.8. The number of aryl methyl sites for hydroxylation is 1. The van der Waals surface area contributed by atoms with E-state index in [9.17, 15) is 0 Å². The molecule has 0 amide bonds. The van der Waals surface area contributed by atoms with Gasteiger partial charge >= 0.3 is 0 Å². The van der Waals surface area contributed by atoms with E-state index in [0.717, 1.165) is 22.2 Å². The van der Waals surface area contributed by atoms with Gasteiger partial charge < -0.3 is 5.73 Å². The van der Waals surface area contributed by atoms with E-state index < -0.39 is 0 Å². The fourth-order valence-corrected chi connectivity index (χ4v) is 1.91. The number of fused-ring (bicyclic) bond motifs is 1. The maximum atomic E-state index is 6.03. The molecule has 2 aromatic carbocycles. The van der Waals surface area contributed by atoms with Gasteiger partial charge in [-0.1, -0.05) is 24.3 Å². The second-order valence-electron chi connectivity index (χ2n) is 4.03. The molecule has 0 spiro atoms. The minimum Gasteiger partial charge on any atom is -0.398 e. The fraction of sp³-hybridized carbons (Fsp3) is 0.0769. The van der Waals surface area contributed by atoms with Crippen LogP contribution in [0.15, 0.2) is 36.4 Å². The second kappa shape index (κ2) is 3.59. The summed E-state index contributed by atoms with van der Waals surface area (Å²) in [6, 6.07) is 12.1. The van der Waals surface area contributed by atoms with Crippen molar-refractivity contribution in [2.75, 3.05) is 5.73 Å². The Kier molecular flexibility index (Phi) is 2.08. The van der Waals surface area contributed by atoms with Gasteiger partial charge in [-0.05, 0) is 29.8 Å². The summed E-state index contributed by atoms with van der Waals surface area (Å²) in [6.45, 7) is 1.87. The van der Waals surface area contributed by atoms with Gasteiger partial charge in [0.2, 0.25) is 0 Å². The molecule has 1 heterocycles. The van der Waals surface area contributed by atoms with Crippen LogP contribution in [0.25, 0.3) is 22.2 Å². The molecule has 0 saturated carbocycles. The van der Waals surface area contributed by atoms with Crippen molar-refractivity contribution >= 4 is 16.5 Å². The minimum atomic E-state index is 0.644. The summed E-state index contributed by atoms with van der Waals surface area (Å²) in [6.07, 6.45) is 0. The van der Waals surface area contributed by atoms with Gasteiger partial charge in [0.25, 0.3) is 0 Å². The van der Waals surface area contributed by atoms with Crippen LogP contribution in [-0.2, 0) is 0 Å². The third kappa shape index (κ3) is 1.63. The molecule has 0 aliphatic carbocycles. The predicted molar refractivity (Wildman–Crippen MR) is 68.5 cm³/mol. The van der Waals surface area contributed by atoms with Crippen LogP contribution >= 0.6 is 0 Å². The van der Waals surface area contributed by atoms with Crippen LogP contribution in [0.2, 0.25) is 0 Å². The van der Waals surface area contributed by atoms with Crippen molar-refractivity contribution in [3.8, 4) is 11.4 Å². The number of hydrogen-bond donors (Lipinski definition) is 2. The van der Waals surface area contributed by atoms with Crippen LogP contribution in [-0.4, -0.2) is 15.2 Å². The van der Waals surface area contributed by atoms with Gasteiger partial charge in [-0.3, -0.25) is 5.10 Å². The van der Waals surface area contributed by atoms with E-state index in [-0.39, 0.29) is 0 Å². The zero-order valence-corrected chi connectivity index (χ0v) is 9.44. The number of rotatable bonds is 1. The molecule has 0 atom stereocenters. The topological polar surface area (TPSA) is 67.6 Å². The largest absolute Gasteiger partial charge is 0.398 e. The van der Waals surface area contributed by atoms with Gasteiger partial charge in [0.05, 0.1) is 0 Å². The smallest absolute Gasteiger partial charge is 0.183 e. The Bertz CT molecular complexity index is 685. The number of aromatic nitrogens is 3. The average Bonchev–Trinajstić information content (AvgIpc) is 2.75. The number of nitrogen functional groups attached to an aromatic ring is 1. The minimum absolute atomic E-state index is 0.644. The summed E-state index contributed by atoms with van der Waals surface area (Å²) in [5.74, 6) is 1.43. The molecule has 0 saturated heterocycles. The van der Waals surface area contributed by atoms with Gasteiger partial charge in [-0.25, -0.2) is 4.98 Å². The lowest BCUT2D eigenvalue weighted by Gasteiger charge is -2.04. The Morgan fingerprint density at radius 2 is 1.82 bits per heavy atom. The quantitative estimate of drug-likeness (QED) is 0.624. The highest BCUT2D eigenvalue weighted by molar-refractivity contribution is 5.92. The number of H-pyrrole nitrogens is 1. The van der Waals surface area contributed by atoms with Gasteiger partial charge in [-0.15, -0.1) is 0 Å². The molecule has 3 N–H and O–H groups in total. The molecule has 1 aromatic heterocycles. The van der Waals surface area contributed by atoms with Crippen LogP contribution in [0.4, 0.5) is 5.69 Å². The molecule has 0 aliphatic heterocycles. The molecule has 17 heavy (non-hydrogen) atoms. The lowest BCUT2D eigenvalue weighted by atomic mass is 10.0. The third-order valence-corrected chi connectivity index (χ3v) is 2.76. The molecule has 0 radical (unpaired) electrons. The first-order valence-corrected chi connectivity index (χ1v) is 5.42. The molecule has 4 nitrogen and oxygen atoms in total. The van der Waals surface area contributed by atoms with E-state index >= 15 is 0 Å². The number of benzene rings is 2. The van der Waals surface area contributed by atoms with Crippen LogP contribution < -0.4 is 5.73 Å². The highest BCUT2D eigenvalue weighted by Crippen LogP contribution is 2.28. The summed E-state index contributed by atoms with van der Waals surface area (Å²) in [5, 5.41) is 9.23. The van der Waals surface area contributed by atoms with Crippen molar-refractivity contribution in [1.29, 1.82) is 0 Å². The van der Waals surface area contributed by atoms with Crippen molar-refractivity contribution in [2.24, 2.45) is 0 Å². The summed E-state index contributed by atoms with van der Waals surface area (Å²) in [4.78, 5) is 4.30. The Balaban J connectivity index is 2.26. The standard InChI is InChI=1S/C13H12N4/c1-8-15-13(17-16-8)11-6-9-4-2-3-5-10(9)7-12(11)14/h2-7H,14H2,1H3,(H,15,16,17). The molecule has 3 rings (SSSR count). The van der Waals surface area contributed by atoms with Gasteiger partial charge in [-0.2, -0.15) is 5.10 Å². The Labute approximate surface area is 98.5 Å². The summed E-state index contributed by atoms with van der Waals surface area (Å²) < 4.78 is 0. The number of nitrogens with zero attached hydrogens (tertiary/aromatic N) is 2. The molecule has 0 bridgehead atoms. The second-order valence-corrected chi connectivity index (χ2v) is 4.03. The highest BCUT2D eigenvalue weighted by atomic mass is 15.2. The van der Waals surface area contributed by atoms with Crippen molar-refractivity contribution in [1.82, 2.24) is 15.2 Å². The maximum absolute atomic E-state index is 6.03. The van der Waals surface area contributed by atoms with Crippen LogP contribution in [0.3, 0.4) is 0 Å². The normalized spacial score (nSPS) is 10.9. The molecule has 4 heteroatoms. The highest BCUT2D eigenvalue weighted by Gasteiger charge is 2.08. The van der Waals surface area contributed by atoms with E-state index in [0.29, 0.717) is 11.5 Å². The van der Waals surface area contributed by atoms with Gasteiger partial charge in [0.1, 0.15) is 5.82 Å². The Hall–Kier alpha value is -2.36. The Morgan fingerprint density at radius 1 is 1.12 bits per heavy atom. The molecule has 84 valence electrons. The number of aromatic amines is 1. The van der Waals surface area contributed by atoms with Crippen molar-refractivity contribution < 1.29 is 0 Å². The summed E-state index contributed by atoms with van der Waals surface area (Å²) in [7, 11) is 0. The maximum Gasteiger partial charge on any atom is 0.183 e. The summed E-state index contributed by atoms with van der Waals surface area (Å²) in [5.41, 5.74) is 7.60. The fourth-order valence-electron chi connectivity index (χ4n) is 1.91. The monoisotopic (exact) mass is 224 g/mol. The SMILES string of the molecule is Cc1nc(-c2cc3ccccc3cc2N)n[nH]1. The molecule has 3 aromatic rings. The van der Waals surface area contributed by atoms with Gasteiger partial charge in [0, 0.05) is 11.3 Å². The van der Waals surface area contributed by atoms with Crippen molar-refractivity contribution in [3.63, 3.8) is 0 Å². The van der Waals surface area contributed by atoms with Crippen molar-refractivity contribution in [3.05, 3.63) is 42.2 Å². The number of nitrogens with one attached hydrogen (secondary N) is 1. The molecular weight excluding hydrogens is 212 g/mol. The molecule has 0 unspecified atom stereocenters. The van der Waals surface area contributed by atoms with Crippen LogP contribution in [0.1, 0.15) is 5.82 Å². The van der Waals surface area contributed by atoms with Gasteiger partial charge in [0.15, 0.2) is 5.82 Å². The van der Waals surface area contributed by atoms with E-state index in [2.05, 4.69) is 21.2 Å². The van der Waals surface area contributed by atoms with E-state index in [1.807, 2.05) is 37.3 Å². The number of nitrogens with two attached hydrogens (primary N) is 1. The first-order chi connectivity index (χ1) is 8.24. The predicted octanol–water partition coefficient (Wildman–Crippen LogP) is 2.52. The first kappa shape index (κ1) is 9.84. The number of hydrogen-bond acceptors (Lipinski definition) is 3.